The first-order chi connectivity index (χ1) is 8.50. The number of hydrogen-bond donors (Lipinski definition) is 1. The molecule has 94 valence electrons. The predicted molar refractivity (Wildman–Crippen MR) is 87.0 cm³/mol. The average molecular weight is 454 g/mol. The molecule has 1 unspecified atom stereocenters. The lowest BCUT2D eigenvalue weighted by Crippen LogP contribution is -2.13. The maximum Gasteiger partial charge on any atom is 0.0599 e. The molecular weight excluding hydrogens is 445 g/mol. The van der Waals surface area contributed by atoms with Crippen LogP contribution in [-0.4, -0.2) is 0 Å². The standard InChI is InChI=1S/C13H9Br3ClN/c14-7-4-5-10(15)9(6-7)13(18)8-2-1-3-11(16)12(8)17/h1-6,13H,18H2. The average Bonchev–Trinajstić information content (AvgIpc) is 2.35. The van der Waals surface area contributed by atoms with Crippen LogP contribution in [0.5, 0.6) is 0 Å². The summed E-state index contributed by atoms with van der Waals surface area (Å²) >= 11 is 16.7. The van der Waals surface area contributed by atoms with Crippen molar-refractivity contribution in [2.75, 3.05) is 0 Å². The lowest BCUT2D eigenvalue weighted by atomic mass is 10.00. The van der Waals surface area contributed by atoms with E-state index in [1.807, 2.05) is 36.4 Å². The molecule has 0 saturated heterocycles. The van der Waals surface area contributed by atoms with Crippen LogP contribution >= 0.6 is 59.4 Å². The largest absolute Gasteiger partial charge is 0.320 e. The van der Waals surface area contributed by atoms with Gasteiger partial charge in [-0.25, -0.2) is 0 Å². The summed E-state index contributed by atoms with van der Waals surface area (Å²) in [6.07, 6.45) is 0. The molecule has 2 N–H and O–H groups in total. The summed E-state index contributed by atoms with van der Waals surface area (Å²) in [6.45, 7) is 0. The van der Waals surface area contributed by atoms with Crippen LogP contribution in [-0.2, 0) is 0 Å². The van der Waals surface area contributed by atoms with E-state index in [0.717, 1.165) is 24.5 Å². The summed E-state index contributed by atoms with van der Waals surface area (Å²) in [5.74, 6) is 0. The van der Waals surface area contributed by atoms with Crippen molar-refractivity contribution in [2.45, 2.75) is 6.04 Å². The summed E-state index contributed by atoms with van der Waals surface area (Å²) < 4.78 is 2.81. The fourth-order valence-corrected chi connectivity index (χ4v) is 3.18. The Hall–Kier alpha value is 0.130. The van der Waals surface area contributed by atoms with Gasteiger partial charge in [-0.3, -0.25) is 0 Å². The van der Waals surface area contributed by atoms with Gasteiger partial charge >= 0.3 is 0 Å². The zero-order valence-corrected chi connectivity index (χ0v) is 14.6. The van der Waals surface area contributed by atoms with Crippen LogP contribution < -0.4 is 5.73 Å². The maximum atomic E-state index is 6.30. The van der Waals surface area contributed by atoms with Gasteiger partial charge in [0, 0.05) is 13.4 Å². The molecule has 18 heavy (non-hydrogen) atoms. The Labute approximate surface area is 136 Å². The Morgan fingerprint density at radius 3 is 2.39 bits per heavy atom. The molecule has 2 aromatic carbocycles. The third kappa shape index (κ3) is 2.99. The molecular formula is C13H9Br3ClN. The van der Waals surface area contributed by atoms with E-state index in [-0.39, 0.29) is 6.04 Å². The molecule has 2 aromatic rings. The fraction of sp³-hybridized carbons (Fsp3) is 0.0769. The predicted octanol–water partition coefficient (Wildman–Crippen LogP) is 5.68. The van der Waals surface area contributed by atoms with Gasteiger partial charge in [0.15, 0.2) is 0 Å². The minimum absolute atomic E-state index is 0.276. The summed E-state index contributed by atoms with van der Waals surface area (Å²) in [5.41, 5.74) is 8.18. The highest BCUT2D eigenvalue weighted by atomic mass is 79.9. The van der Waals surface area contributed by atoms with Crippen LogP contribution in [0.1, 0.15) is 17.2 Å². The van der Waals surface area contributed by atoms with Gasteiger partial charge in [-0.05, 0) is 51.3 Å². The van der Waals surface area contributed by atoms with Crippen LogP contribution in [0.25, 0.3) is 0 Å². The second-order valence-corrected chi connectivity index (χ2v) is 6.79. The Morgan fingerprint density at radius 1 is 0.944 bits per heavy atom. The van der Waals surface area contributed by atoms with E-state index >= 15 is 0 Å². The van der Waals surface area contributed by atoms with Crippen molar-refractivity contribution < 1.29 is 0 Å². The summed E-state index contributed by atoms with van der Waals surface area (Å²) in [5, 5.41) is 0.650. The molecule has 0 bridgehead atoms. The van der Waals surface area contributed by atoms with E-state index in [2.05, 4.69) is 47.8 Å². The van der Waals surface area contributed by atoms with E-state index in [0.29, 0.717) is 5.02 Å². The van der Waals surface area contributed by atoms with Gasteiger partial charge < -0.3 is 5.73 Å². The van der Waals surface area contributed by atoms with Gasteiger partial charge in [-0.1, -0.05) is 55.6 Å². The molecule has 1 atom stereocenters. The Bertz CT molecular complexity index is 584. The van der Waals surface area contributed by atoms with Gasteiger partial charge in [0.05, 0.1) is 11.1 Å². The topological polar surface area (TPSA) is 26.0 Å². The maximum absolute atomic E-state index is 6.30. The first kappa shape index (κ1) is 14.5. The van der Waals surface area contributed by atoms with E-state index in [1.165, 1.54) is 0 Å². The van der Waals surface area contributed by atoms with E-state index in [1.54, 1.807) is 0 Å². The SMILES string of the molecule is NC(c1cc(Br)ccc1Br)c1cccc(Br)c1Cl. The molecule has 0 aliphatic heterocycles. The molecule has 0 aromatic heterocycles. The molecule has 0 aliphatic carbocycles. The Balaban J connectivity index is 2.51. The molecule has 0 radical (unpaired) electrons. The second kappa shape index (κ2) is 6.06. The van der Waals surface area contributed by atoms with Gasteiger partial charge in [0.2, 0.25) is 0 Å². The highest BCUT2D eigenvalue weighted by molar-refractivity contribution is 9.11. The fourth-order valence-electron chi connectivity index (χ4n) is 1.68. The first-order valence-corrected chi connectivity index (χ1v) is 7.91. The molecule has 0 amide bonds. The van der Waals surface area contributed by atoms with E-state index < -0.39 is 0 Å². The molecule has 0 saturated carbocycles. The summed E-state index contributed by atoms with van der Waals surface area (Å²) in [6, 6.07) is 11.4. The lowest BCUT2D eigenvalue weighted by molar-refractivity contribution is 0.864. The lowest BCUT2D eigenvalue weighted by Gasteiger charge is -2.17. The number of halogens is 4. The van der Waals surface area contributed by atoms with Crippen LogP contribution in [0, 0.1) is 0 Å². The van der Waals surface area contributed by atoms with Crippen molar-refractivity contribution in [3.8, 4) is 0 Å². The number of nitrogens with two attached hydrogens (primary N) is 1. The number of hydrogen-bond acceptors (Lipinski definition) is 1. The minimum atomic E-state index is -0.276. The van der Waals surface area contributed by atoms with Gasteiger partial charge in [-0.15, -0.1) is 0 Å². The minimum Gasteiger partial charge on any atom is -0.320 e. The molecule has 5 heteroatoms. The smallest absolute Gasteiger partial charge is 0.0599 e. The van der Waals surface area contributed by atoms with Crippen molar-refractivity contribution in [1.29, 1.82) is 0 Å². The highest BCUT2D eigenvalue weighted by Gasteiger charge is 2.16. The summed E-state index contributed by atoms with van der Waals surface area (Å²) in [7, 11) is 0. The van der Waals surface area contributed by atoms with Crippen LogP contribution in [0.3, 0.4) is 0 Å². The van der Waals surface area contributed by atoms with Crippen molar-refractivity contribution in [2.24, 2.45) is 5.73 Å². The van der Waals surface area contributed by atoms with E-state index in [9.17, 15) is 0 Å². The van der Waals surface area contributed by atoms with Crippen LogP contribution in [0.2, 0.25) is 5.02 Å². The molecule has 0 spiro atoms. The third-order valence-corrected chi connectivity index (χ3v) is 5.14. The first-order valence-electron chi connectivity index (χ1n) is 5.15. The normalized spacial score (nSPS) is 12.5. The molecule has 0 aliphatic rings. The van der Waals surface area contributed by atoms with Crippen molar-refractivity contribution >= 4 is 59.4 Å². The zero-order valence-electron chi connectivity index (χ0n) is 9.13. The van der Waals surface area contributed by atoms with Gasteiger partial charge in [-0.2, -0.15) is 0 Å². The van der Waals surface area contributed by atoms with E-state index in [4.69, 9.17) is 17.3 Å². The number of benzene rings is 2. The summed E-state index contributed by atoms with van der Waals surface area (Å²) in [4.78, 5) is 0. The van der Waals surface area contributed by atoms with Crippen molar-refractivity contribution in [3.05, 3.63) is 66.0 Å². The van der Waals surface area contributed by atoms with Crippen molar-refractivity contribution in [3.63, 3.8) is 0 Å². The third-order valence-electron chi connectivity index (χ3n) is 2.61. The zero-order chi connectivity index (χ0) is 13.3. The molecule has 1 nitrogen and oxygen atoms in total. The second-order valence-electron chi connectivity index (χ2n) is 3.79. The Kier molecular flexibility index (Phi) is 4.89. The van der Waals surface area contributed by atoms with Gasteiger partial charge in [0.25, 0.3) is 0 Å². The van der Waals surface area contributed by atoms with Gasteiger partial charge in [0.1, 0.15) is 0 Å². The molecule has 0 fully saturated rings. The monoisotopic (exact) mass is 451 g/mol. The van der Waals surface area contributed by atoms with Crippen LogP contribution in [0.15, 0.2) is 49.8 Å². The molecule has 0 heterocycles. The van der Waals surface area contributed by atoms with Crippen LogP contribution in [0.4, 0.5) is 0 Å². The van der Waals surface area contributed by atoms with Crippen molar-refractivity contribution in [1.82, 2.24) is 0 Å². The quantitative estimate of drug-likeness (QED) is 0.621. The number of rotatable bonds is 2. The highest BCUT2D eigenvalue weighted by Crippen LogP contribution is 2.35. The molecule has 2 rings (SSSR count). The Morgan fingerprint density at radius 2 is 1.67 bits per heavy atom.